The molecule has 0 aromatic heterocycles. The normalized spacial score (nSPS) is 18.0. The molecule has 0 spiro atoms. The zero-order valence-electron chi connectivity index (χ0n) is 18.0. The third-order valence-corrected chi connectivity index (χ3v) is 6.43. The molecule has 3 amide bonds. The third-order valence-electron chi connectivity index (χ3n) is 6.08. The summed E-state index contributed by atoms with van der Waals surface area (Å²) in [6, 6.07) is 11.2. The van der Waals surface area contributed by atoms with Gasteiger partial charge in [0.2, 0.25) is 0 Å². The number of carbonyl (C=O) groups excluding carboxylic acids is 2. The van der Waals surface area contributed by atoms with Gasteiger partial charge in [-0.25, -0.2) is 13.6 Å². The van der Waals surface area contributed by atoms with E-state index in [2.05, 4.69) is 10.6 Å². The summed E-state index contributed by atoms with van der Waals surface area (Å²) < 4.78 is 27.7. The van der Waals surface area contributed by atoms with Crippen molar-refractivity contribution in [2.45, 2.75) is 18.6 Å². The Hall–Kier alpha value is -4.00. The molecule has 3 N–H and O–H groups in total. The fraction of sp³-hybridized carbons (Fsp3) is 0.160. The van der Waals surface area contributed by atoms with Crippen LogP contribution in [0.1, 0.15) is 44.8 Å². The molecule has 176 valence electrons. The number of aliphatic hydroxyl groups excluding tert-OH is 1. The van der Waals surface area contributed by atoms with Crippen molar-refractivity contribution in [3.63, 3.8) is 0 Å². The Bertz CT molecular complexity index is 1440. The molecule has 2 aliphatic heterocycles. The van der Waals surface area contributed by atoms with E-state index in [4.69, 9.17) is 11.6 Å². The lowest BCUT2D eigenvalue weighted by Gasteiger charge is -2.22. The van der Waals surface area contributed by atoms with Crippen LogP contribution in [0.3, 0.4) is 0 Å². The summed E-state index contributed by atoms with van der Waals surface area (Å²) in [6.45, 7) is -0.0962. The van der Waals surface area contributed by atoms with E-state index in [0.717, 1.165) is 0 Å². The molecule has 7 nitrogen and oxygen atoms in total. The number of carbonyl (C=O) groups is 2. The van der Waals surface area contributed by atoms with Gasteiger partial charge >= 0.3 is 6.03 Å². The summed E-state index contributed by atoms with van der Waals surface area (Å²) in [6.07, 6.45) is -1.08. The second-order valence-electron chi connectivity index (χ2n) is 8.27. The van der Waals surface area contributed by atoms with E-state index in [0.29, 0.717) is 22.4 Å². The highest BCUT2D eigenvalue weighted by Gasteiger charge is 2.36. The Morgan fingerprint density at radius 1 is 1.17 bits per heavy atom. The molecule has 0 fully saturated rings. The van der Waals surface area contributed by atoms with E-state index in [1.807, 2.05) is 6.07 Å². The summed E-state index contributed by atoms with van der Waals surface area (Å²) in [4.78, 5) is 27.3. The maximum atomic E-state index is 14.0. The van der Waals surface area contributed by atoms with Crippen LogP contribution in [0.5, 0.6) is 0 Å². The summed E-state index contributed by atoms with van der Waals surface area (Å²) >= 11 is 6.30. The number of nitriles is 1. The molecule has 2 heterocycles. The Labute approximate surface area is 203 Å². The first kappa shape index (κ1) is 22.8. The van der Waals surface area contributed by atoms with Crippen molar-refractivity contribution in [2.24, 2.45) is 0 Å². The molecule has 3 aromatic rings. The molecule has 35 heavy (non-hydrogen) atoms. The average Bonchev–Trinajstić information content (AvgIpc) is 3.32. The van der Waals surface area contributed by atoms with E-state index in [1.54, 1.807) is 12.1 Å². The van der Waals surface area contributed by atoms with Gasteiger partial charge < -0.3 is 15.7 Å². The molecular weight excluding hydrogens is 478 g/mol. The van der Waals surface area contributed by atoms with Gasteiger partial charge in [-0.3, -0.25) is 9.69 Å². The number of amides is 3. The van der Waals surface area contributed by atoms with Gasteiger partial charge in [-0.2, -0.15) is 5.26 Å². The minimum absolute atomic E-state index is 0.0145. The lowest BCUT2D eigenvalue weighted by Crippen LogP contribution is -2.34. The van der Waals surface area contributed by atoms with E-state index >= 15 is 0 Å². The fourth-order valence-electron chi connectivity index (χ4n) is 4.54. The highest BCUT2D eigenvalue weighted by molar-refractivity contribution is 6.31. The first-order valence-electron chi connectivity index (χ1n) is 10.6. The zero-order valence-corrected chi connectivity index (χ0v) is 18.7. The lowest BCUT2D eigenvalue weighted by atomic mass is 9.94. The van der Waals surface area contributed by atoms with Gasteiger partial charge in [0.25, 0.3) is 5.91 Å². The van der Waals surface area contributed by atoms with Gasteiger partial charge in [-0.15, -0.1) is 0 Å². The number of halogens is 3. The van der Waals surface area contributed by atoms with Crippen LogP contribution in [0.2, 0.25) is 5.02 Å². The van der Waals surface area contributed by atoms with Crippen LogP contribution in [-0.2, 0) is 6.42 Å². The Balaban J connectivity index is 1.58. The maximum absolute atomic E-state index is 14.0. The van der Waals surface area contributed by atoms with Crippen LogP contribution < -0.4 is 15.5 Å². The smallest absolute Gasteiger partial charge is 0.326 e. The zero-order chi connectivity index (χ0) is 24.9. The minimum Gasteiger partial charge on any atom is -0.386 e. The van der Waals surface area contributed by atoms with E-state index in [-0.39, 0.29) is 34.8 Å². The van der Waals surface area contributed by atoms with Crippen LogP contribution in [-0.4, -0.2) is 23.6 Å². The summed E-state index contributed by atoms with van der Waals surface area (Å²) in [5.74, 6) is -1.54. The van der Waals surface area contributed by atoms with Crippen LogP contribution in [0.4, 0.5) is 25.0 Å². The highest BCUT2D eigenvalue weighted by atomic mass is 35.5. The van der Waals surface area contributed by atoms with Crippen LogP contribution in [0.15, 0.2) is 48.5 Å². The number of aliphatic hydroxyl groups is 1. The fourth-order valence-corrected chi connectivity index (χ4v) is 4.77. The number of β-amino-alcohol motifs (C(OH)–C–C–N with tert-alkyl or cyclic N) is 1. The molecule has 3 aromatic carbocycles. The number of rotatable bonds is 3. The van der Waals surface area contributed by atoms with Gasteiger partial charge in [0.1, 0.15) is 11.6 Å². The largest absolute Gasteiger partial charge is 0.386 e. The maximum Gasteiger partial charge on any atom is 0.326 e. The molecule has 2 atom stereocenters. The minimum atomic E-state index is -1.07. The average molecular weight is 495 g/mol. The van der Waals surface area contributed by atoms with E-state index in [9.17, 15) is 28.7 Å². The Kier molecular flexibility index (Phi) is 5.63. The topological polar surface area (TPSA) is 105 Å². The second-order valence-corrected chi connectivity index (χ2v) is 8.68. The number of nitrogens with zero attached hydrogens (tertiary/aromatic N) is 2. The van der Waals surface area contributed by atoms with Gasteiger partial charge in [0.15, 0.2) is 0 Å². The number of hydrogen-bond acceptors (Lipinski definition) is 4. The quantitative estimate of drug-likeness (QED) is 0.494. The monoisotopic (exact) mass is 494 g/mol. The molecule has 0 saturated heterocycles. The number of nitrogens with one attached hydrogen (secondary N) is 2. The third kappa shape index (κ3) is 3.97. The standard InChI is InChI=1S/C25H17ClF2N4O3/c26-18-3-1-13(27)9-15(18)23-22-17(24(34)31-23)7-12(5-6-29)8-19(22)30-25(35)32-11-21(33)16-10-14(28)2-4-20(16)32/h1-4,7-10,21,23,33H,5,11H2,(H,30,35)(H,31,34)/t21-,23-/m0/s1. The number of benzene rings is 3. The lowest BCUT2D eigenvalue weighted by molar-refractivity contribution is 0.0960. The molecule has 0 bridgehead atoms. The van der Waals surface area contributed by atoms with Crippen LogP contribution >= 0.6 is 11.6 Å². The number of hydrogen-bond donors (Lipinski definition) is 3. The molecule has 0 unspecified atom stereocenters. The predicted octanol–water partition coefficient (Wildman–Crippen LogP) is 4.60. The first-order chi connectivity index (χ1) is 16.8. The molecule has 2 aliphatic rings. The van der Waals surface area contributed by atoms with E-state index in [1.165, 1.54) is 41.3 Å². The van der Waals surface area contributed by atoms with Crippen molar-refractivity contribution in [2.75, 3.05) is 16.8 Å². The number of urea groups is 1. The molecule has 0 radical (unpaired) electrons. The van der Waals surface area contributed by atoms with Crippen LogP contribution in [0, 0.1) is 23.0 Å². The molecule has 0 saturated carbocycles. The van der Waals surface area contributed by atoms with Crippen molar-refractivity contribution in [3.05, 3.63) is 93.0 Å². The van der Waals surface area contributed by atoms with Crippen molar-refractivity contribution in [3.8, 4) is 6.07 Å². The van der Waals surface area contributed by atoms with Crippen molar-refractivity contribution >= 4 is 34.9 Å². The molecular formula is C25H17ClF2N4O3. The predicted molar refractivity (Wildman–Crippen MR) is 124 cm³/mol. The van der Waals surface area contributed by atoms with Gasteiger partial charge in [0, 0.05) is 33.0 Å². The molecule has 0 aliphatic carbocycles. The Morgan fingerprint density at radius 2 is 1.89 bits per heavy atom. The first-order valence-corrected chi connectivity index (χ1v) is 11.0. The second kappa shape index (κ2) is 8.65. The van der Waals surface area contributed by atoms with Gasteiger partial charge in [0.05, 0.1) is 36.9 Å². The molecule has 5 rings (SSSR count). The van der Waals surface area contributed by atoms with Crippen molar-refractivity contribution in [1.29, 1.82) is 5.26 Å². The number of anilines is 2. The van der Waals surface area contributed by atoms with Gasteiger partial charge in [-0.1, -0.05) is 11.6 Å². The SMILES string of the molecule is N#CCc1cc(NC(=O)N2C[C@H](O)c3cc(F)ccc32)c2c(c1)C(=O)N[C@H]2c1cc(F)ccc1Cl. The summed E-state index contributed by atoms with van der Waals surface area (Å²) in [5.41, 5.74) is 2.25. The highest BCUT2D eigenvalue weighted by Crippen LogP contribution is 2.41. The molecule has 10 heteroatoms. The van der Waals surface area contributed by atoms with Crippen molar-refractivity contribution in [1.82, 2.24) is 5.32 Å². The Morgan fingerprint density at radius 3 is 2.63 bits per heavy atom. The van der Waals surface area contributed by atoms with Gasteiger partial charge in [-0.05, 0) is 54.1 Å². The van der Waals surface area contributed by atoms with Crippen molar-refractivity contribution < 1.29 is 23.5 Å². The van der Waals surface area contributed by atoms with Crippen LogP contribution in [0.25, 0.3) is 0 Å². The van der Waals surface area contributed by atoms with E-state index < -0.39 is 35.7 Å². The summed E-state index contributed by atoms with van der Waals surface area (Å²) in [5, 5.41) is 25.2. The number of fused-ring (bicyclic) bond motifs is 2. The summed E-state index contributed by atoms with van der Waals surface area (Å²) in [7, 11) is 0.